The Morgan fingerprint density at radius 2 is 1.76 bits per heavy atom. The summed E-state index contributed by atoms with van der Waals surface area (Å²) in [5.41, 5.74) is -1.04. The van der Waals surface area contributed by atoms with Crippen molar-refractivity contribution in [3.63, 3.8) is 0 Å². The third kappa shape index (κ3) is 3.64. The molecule has 17 heavy (non-hydrogen) atoms. The molecular weight excluding hydrogens is 232 g/mol. The van der Waals surface area contributed by atoms with Gasteiger partial charge in [0, 0.05) is 25.9 Å². The lowest BCUT2D eigenvalue weighted by molar-refractivity contribution is -0.152. The fourth-order valence-electron chi connectivity index (χ4n) is 1.92. The van der Waals surface area contributed by atoms with E-state index in [1.54, 1.807) is 0 Å². The van der Waals surface area contributed by atoms with Gasteiger partial charge in [0.15, 0.2) is 0 Å². The summed E-state index contributed by atoms with van der Waals surface area (Å²) >= 11 is 0. The Balaban J connectivity index is 2.62. The molecule has 6 heteroatoms. The van der Waals surface area contributed by atoms with Gasteiger partial charge in [-0.1, -0.05) is 13.8 Å². The average Bonchev–Trinajstić information content (AvgIpc) is 2.14. The van der Waals surface area contributed by atoms with Crippen LogP contribution in [0.15, 0.2) is 0 Å². The highest BCUT2D eigenvalue weighted by molar-refractivity contribution is 5.86. The maximum Gasteiger partial charge on any atom is 0.304 e. The first-order chi connectivity index (χ1) is 7.64. The number of nitrogens with zero attached hydrogens (tertiary/aromatic N) is 1. The number of likely N-dealkylation sites (tertiary alicyclic amines) is 1. The number of alkyl halides is 2. The second kappa shape index (κ2) is 4.58. The summed E-state index contributed by atoms with van der Waals surface area (Å²) in [6.45, 7) is 3.04. The van der Waals surface area contributed by atoms with Crippen LogP contribution in [0.3, 0.4) is 0 Å². The lowest BCUT2D eigenvalue weighted by Gasteiger charge is -2.36. The number of aliphatic carboxylic acids is 1. The van der Waals surface area contributed by atoms with Gasteiger partial charge in [-0.15, -0.1) is 0 Å². The van der Waals surface area contributed by atoms with Crippen LogP contribution in [0.2, 0.25) is 0 Å². The fraction of sp³-hybridized carbons (Fsp3) is 0.818. The van der Waals surface area contributed by atoms with Crippen molar-refractivity contribution in [1.82, 2.24) is 4.90 Å². The molecule has 1 rings (SSSR count). The van der Waals surface area contributed by atoms with Crippen LogP contribution in [0.25, 0.3) is 0 Å². The molecule has 4 nitrogen and oxygen atoms in total. The maximum atomic E-state index is 12.9. The maximum absolute atomic E-state index is 12.9. The third-order valence-electron chi connectivity index (χ3n) is 2.95. The molecule has 0 spiro atoms. The molecule has 0 bridgehead atoms. The van der Waals surface area contributed by atoms with E-state index in [9.17, 15) is 18.4 Å². The van der Waals surface area contributed by atoms with E-state index >= 15 is 0 Å². The first kappa shape index (κ1) is 13.9. The van der Waals surface area contributed by atoms with Crippen molar-refractivity contribution in [3.8, 4) is 0 Å². The van der Waals surface area contributed by atoms with Gasteiger partial charge in [-0.25, -0.2) is 8.78 Å². The summed E-state index contributed by atoms with van der Waals surface area (Å²) in [7, 11) is 0. The van der Waals surface area contributed by atoms with Crippen molar-refractivity contribution in [3.05, 3.63) is 0 Å². The Labute approximate surface area is 98.6 Å². The Kier molecular flexibility index (Phi) is 3.74. The molecule has 1 aliphatic heterocycles. The smallest absolute Gasteiger partial charge is 0.304 e. The molecule has 98 valence electrons. The molecule has 0 aliphatic carbocycles. The van der Waals surface area contributed by atoms with E-state index in [1.165, 1.54) is 18.7 Å². The van der Waals surface area contributed by atoms with Crippen LogP contribution in [0.4, 0.5) is 8.78 Å². The fourth-order valence-corrected chi connectivity index (χ4v) is 1.92. The average molecular weight is 249 g/mol. The highest BCUT2D eigenvalue weighted by atomic mass is 19.3. The quantitative estimate of drug-likeness (QED) is 0.829. The number of hydrogen-bond acceptors (Lipinski definition) is 2. The number of carboxylic acid groups (broad SMARTS) is 1. The van der Waals surface area contributed by atoms with E-state index in [0.29, 0.717) is 0 Å². The molecule has 1 amide bonds. The molecule has 0 aromatic heterocycles. The normalized spacial score (nSPS) is 20.1. The van der Waals surface area contributed by atoms with Gasteiger partial charge in [-0.2, -0.15) is 0 Å². The number of carbonyl (C=O) groups is 2. The van der Waals surface area contributed by atoms with Gasteiger partial charge >= 0.3 is 5.97 Å². The van der Waals surface area contributed by atoms with Gasteiger partial charge in [0.2, 0.25) is 5.91 Å². The summed E-state index contributed by atoms with van der Waals surface area (Å²) in [6, 6.07) is 0. The lowest BCUT2D eigenvalue weighted by atomic mass is 9.87. The SMILES string of the molecule is CC(C)(CC(=O)O)C(=O)N1CCC(F)(F)CC1. The number of hydrogen-bond donors (Lipinski definition) is 1. The lowest BCUT2D eigenvalue weighted by Crippen LogP contribution is -2.48. The largest absolute Gasteiger partial charge is 0.481 e. The Morgan fingerprint density at radius 1 is 1.29 bits per heavy atom. The number of carbonyl (C=O) groups excluding carboxylic acids is 1. The van der Waals surface area contributed by atoms with E-state index in [2.05, 4.69) is 0 Å². The number of carboxylic acids is 1. The van der Waals surface area contributed by atoms with Gasteiger partial charge in [0.1, 0.15) is 0 Å². The molecule has 1 N–H and O–H groups in total. The molecule has 0 atom stereocenters. The molecular formula is C11H17F2NO3. The summed E-state index contributed by atoms with van der Waals surface area (Å²) in [6.07, 6.45) is -0.984. The minimum Gasteiger partial charge on any atom is -0.481 e. The van der Waals surface area contributed by atoms with Crippen molar-refractivity contribution in [1.29, 1.82) is 0 Å². The highest BCUT2D eigenvalue weighted by Crippen LogP contribution is 2.31. The van der Waals surface area contributed by atoms with Gasteiger partial charge in [-0.05, 0) is 0 Å². The zero-order valence-electron chi connectivity index (χ0n) is 10.0. The Hall–Kier alpha value is -1.20. The Bertz CT molecular complexity index is 319. The molecule has 1 fully saturated rings. The van der Waals surface area contributed by atoms with Gasteiger partial charge in [-0.3, -0.25) is 9.59 Å². The third-order valence-corrected chi connectivity index (χ3v) is 2.95. The van der Waals surface area contributed by atoms with E-state index in [1.807, 2.05) is 0 Å². The highest BCUT2D eigenvalue weighted by Gasteiger charge is 2.40. The minimum absolute atomic E-state index is 0.00508. The summed E-state index contributed by atoms with van der Waals surface area (Å²) in [5.74, 6) is -4.13. The van der Waals surface area contributed by atoms with Crippen LogP contribution < -0.4 is 0 Å². The molecule has 0 radical (unpaired) electrons. The molecule has 1 saturated heterocycles. The zero-order valence-corrected chi connectivity index (χ0v) is 10.0. The number of halogens is 2. The number of rotatable bonds is 3. The topological polar surface area (TPSA) is 57.6 Å². The van der Waals surface area contributed by atoms with Crippen molar-refractivity contribution >= 4 is 11.9 Å². The van der Waals surface area contributed by atoms with E-state index < -0.39 is 17.3 Å². The molecule has 0 unspecified atom stereocenters. The van der Waals surface area contributed by atoms with Crippen LogP contribution in [-0.2, 0) is 9.59 Å². The second-order valence-electron chi connectivity index (χ2n) is 5.10. The predicted octanol–water partition coefficient (Wildman–Crippen LogP) is 1.74. The number of piperidine rings is 1. The van der Waals surface area contributed by atoms with Crippen molar-refractivity contribution < 1.29 is 23.5 Å². The molecule has 0 saturated carbocycles. The molecule has 0 aromatic rings. The van der Waals surface area contributed by atoms with Crippen LogP contribution >= 0.6 is 0 Å². The molecule has 1 aliphatic rings. The van der Waals surface area contributed by atoms with Gasteiger partial charge in [0.25, 0.3) is 5.92 Å². The van der Waals surface area contributed by atoms with Crippen molar-refractivity contribution in [2.75, 3.05) is 13.1 Å². The van der Waals surface area contributed by atoms with Crippen molar-refractivity contribution in [2.24, 2.45) is 5.41 Å². The number of amides is 1. The van der Waals surface area contributed by atoms with E-state index in [4.69, 9.17) is 5.11 Å². The van der Waals surface area contributed by atoms with E-state index in [0.717, 1.165) is 0 Å². The van der Waals surface area contributed by atoms with Gasteiger partial charge in [0.05, 0.1) is 11.8 Å². The van der Waals surface area contributed by atoms with Gasteiger partial charge < -0.3 is 10.0 Å². The van der Waals surface area contributed by atoms with Crippen LogP contribution in [-0.4, -0.2) is 40.9 Å². The summed E-state index contributed by atoms with van der Waals surface area (Å²) in [5, 5.41) is 8.69. The first-order valence-electron chi connectivity index (χ1n) is 5.53. The first-order valence-corrected chi connectivity index (χ1v) is 5.53. The van der Waals surface area contributed by atoms with Crippen molar-refractivity contribution in [2.45, 2.75) is 39.0 Å². The van der Waals surface area contributed by atoms with Crippen LogP contribution in [0, 0.1) is 5.41 Å². The summed E-state index contributed by atoms with van der Waals surface area (Å²) in [4.78, 5) is 23.9. The second-order valence-corrected chi connectivity index (χ2v) is 5.10. The van der Waals surface area contributed by atoms with E-state index in [-0.39, 0.29) is 38.3 Å². The van der Waals surface area contributed by atoms with Crippen LogP contribution in [0.5, 0.6) is 0 Å². The zero-order chi connectivity index (χ0) is 13.3. The van der Waals surface area contributed by atoms with Crippen LogP contribution in [0.1, 0.15) is 33.1 Å². The summed E-state index contributed by atoms with van der Waals surface area (Å²) < 4.78 is 25.8. The molecule has 0 aromatic carbocycles. The Morgan fingerprint density at radius 3 is 2.18 bits per heavy atom. The predicted molar refractivity (Wildman–Crippen MR) is 56.8 cm³/mol. The standard InChI is InChI=1S/C11H17F2NO3/c1-10(2,7-8(15)16)9(17)14-5-3-11(12,13)4-6-14/h3-7H2,1-2H3,(H,15,16). The minimum atomic E-state index is -2.70. The monoisotopic (exact) mass is 249 g/mol. The molecule has 1 heterocycles.